The van der Waals surface area contributed by atoms with Crippen LogP contribution in [0.25, 0.3) is 0 Å². The molecule has 2 N–H and O–H groups in total. The minimum atomic E-state index is -0.776. The quantitative estimate of drug-likeness (QED) is 0.863. The number of halogens is 1. The zero-order chi connectivity index (χ0) is 15.0. The summed E-state index contributed by atoms with van der Waals surface area (Å²) in [5.74, 6) is -0.953. The lowest BCUT2D eigenvalue weighted by Gasteiger charge is -2.11. The van der Waals surface area contributed by atoms with Crippen LogP contribution in [0.4, 0.5) is 5.69 Å². The maximum Gasteiger partial charge on any atom is 0.314 e. The van der Waals surface area contributed by atoms with Crippen molar-refractivity contribution in [3.05, 3.63) is 50.6 Å². The number of carbonyl (C=O) groups excluding carboxylic acids is 1. The smallest absolute Gasteiger partial charge is 0.314 e. The van der Waals surface area contributed by atoms with Gasteiger partial charge in [-0.1, -0.05) is 12.1 Å². The average Bonchev–Trinajstić information content (AvgIpc) is 3.16. The van der Waals surface area contributed by atoms with Crippen LogP contribution in [0.5, 0.6) is 0 Å². The highest BCUT2D eigenvalue weighted by atomic mass is 79.9. The predicted octanol–water partition coefficient (Wildman–Crippen LogP) is 3.88. The topological polar surface area (TPSA) is 66.4 Å². The highest BCUT2D eigenvalue weighted by Gasteiger charge is 2.51. The molecule has 0 bridgehead atoms. The minimum Gasteiger partial charge on any atom is -0.481 e. The van der Waals surface area contributed by atoms with Gasteiger partial charge in [-0.15, -0.1) is 11.3 Å². The summed E-state index contributed by atoms with van der Waals surface area (Å²) in [7, 11) is 0. The van der Waals surface area contributed by atoms with Gasteiger partial charge in [0.25, 0.3) is 5.91 Å². The van der Waals surface area contributed by atoms with E-state index in [9.17, 15) is 14.7 Å². The zero-order valence-corrected chi connectivity index (χ0v) is 13.3. The van der Waals surface area contributed by atoms with E-state index in [-0.39, 0.29) is 5.91 Å². The van der Waals surface area contributed by atoms with E-state index in [0.717, 1.165) is 10.0 Å². The second-order valence-electron chi connectivity index (χ2n) is 5.02. The first-order chi connectivity index (χ1) is 10.0. The molecule has 108 valence electrons. The molecule has 0 radical (unpaired) electrons. The first-order valence-electron chi connectivity index (χ1n) is 6.41. The highest BCUT2D eigenvalue weighted by molar-refractivity contribution is 9.10. The van der Waals surface area contributed by atoms with Gasteiger partial charge in [0.05, 0.1) is 5.41 Å². The summed E-state index contributed by atoms with van der Waals surface area (Å²) in [6.07, 6.45) is 1.35. The molecule has 0 atom stereocenters. The lowest BCUT2D eigenvalue weighted by Crippen LogP contribution is -2.19. The molecule has 1 fully saturated rings. The van der Waals surface area contributed by atoms with Crippen molar-refractivity contribution in [1.82, 2.24) is 0 Å². The molecule has 1 heterocycles. The highest BCUT2D eigenvalue weighted by Crippen LogP contribution is 2.48. The number of carboxylic acids is 1. The second kappa shape index (κ2) is 5.27. The number of amides is 1. The number of thiophene rings is 1. The molecule has 1 aromatic heterocycles. The SMILES string of the molecule is O=C(Nc1ccc(C2(C(=O)O)CC2)cc1)c1sccc1Br. The standard InChI is InChI=1S/C15H12BrNO3S/c16-11-5-8-21-12(11)13(18)17-10-3-1-9(2-4-10)15(6-7-15)14(19)20/h1-5,8H,6-7H2,(H,17,18)(H,19,20). The monoisotopic (exact) mass is 365 g/mol. The van der Waals surface area contributed by atoms with Gasteiger partial charge >= 0.3 is 5.97 Å². The van der Waals surface area contributed by atoms with Crippen LogP contribution in [-0.4, -0.2) is 17.0 Å². The Kier molecular flexibility index (Phi) is 3.59. The van der Waals surface area contributed by atoms with Crippen molar-refractivity contribution in [2.75, 3.05) is 5.32 Å². The van der Waals surface area contributed by atoms with E-state index < -0.39 is 11.4 Å². The summed E-state index contributed by atoms with van der Waals surface area (Å²) in [6, 6.07) is 8.88. The Morgan fingerprint density at radius 3 is 2.33 bits per heavy atom. The van der Waals surface area contributed by atoms with Gasteiger partial charge in [-0.05, 0) is 57.9 Å². The van der Waals surface area contributed by atoms with Crippen LogP contribution in [-0.2, 0) is 10.2 Å². The van der Waals surface area contributed by atoms with Gasteiger partial charge in [-0.25, -0.2) is 0 Å². The van der Waals surface area contributed by atoms with Crippen LogP contribution in [0.3, 0.4) is 0 Å². The molecule has 1 aliphatic carbocycles. The fraction of sp³-hybridized carbons (Fsp3) is 0.200. The minimum absolute atomic E-state index is 0.177. The van der Waals surface area contributed by atoms with Crippen molar-refractivity contribution in [2.45, 2.75) is 18.3 Å². The van der Waals surface area contributed by atoms with Crippen molar-refractivity contribution < 1.29 is 14.7 Å². The van der Waals surface area contributed by atoms with E-state index in [1.165, 1.54) is 11.3 Å². The van der Waals surface area contributed by atoms with E-state index in [1.54, 1.807) is 24.3 Å². The van der Waals surface area contributed by atoms with Crippen LogP contribution in [0.2, 0.25) is 0 Å². The Morgan fingerprint density at radius 1 is 1.19 bits per heavy atom. The fourth-order valence-electron chi connectivity index (χ4n) is 2.27. The van der Waals surface area contributed by atoms with E-state index in [0.29, 0.717) is 23.4 Å². The number of anilines is 1. The van der Waals surface area contributed by atoms with Gasteiger partial charge in [-0.3, -0.25) is 9.59 Å². The number of carbonyl (C=O) groups is 2. The lowest BCUT2D eigenvalue weighted by molar-refractivity contribution is -0.140. The Labute approximate surface area is 133 Å². The Hall–Kier alpha value is -1.66. The van der Waals surface area contributed by atoms with E-state index in [4.69, 9.17) is 0 Å². The Morgan fingerprint density at radius 2 is 1.86 bits per heavy atom. The zero-order valence-electron chi connectivity index (χ0n) is 10.9. The molecule has 0 saturated heterocycles. The maximum absolute atomic E-state index is 12.1. The molecule has 2 aromatic rings. The average molecular weight is 366 g/mol. The van der Waals surface area contributed by atoms with Gasteiger partial charge < -0.3 is 10.4 Å². The third-order valence-corrected chi connectivity index (χ3v) is 5.51. The molecule has 6 heteroatoms. The number of rotatable bonds is 4. The summed E-state index contributed by atoms with van der Waals surface area (Å²) in [6.45, 7) is 0. The largest absolute Gasteiger partial charge is 0.481 e. The molecule has 1 amide bonds. The molecule has 3 rings (SSSR count). The van der Waals surface area contributed by atoms with Crippen LogP contribution in [0.1, 0.15) is 28.1 Å². The van der Waals surface area contributed by atoms with Gasteiger partial charge in [0.15, 0.2) is 0 Å². The van der Waals surface area contributed by atoms with Gasteiger partial charge in [-0.2, -0.15) is 0 Å². The molecular formula is C15H12BrNO3S. The summed E-state index contributed by atoms with van der Waals surface area (Å²) >= 11 is 4.69. The van der Waals surface area contributed by atoms with Crippen LogP contribution in [0, 0.1) is 0 Å². The number of nitrogens with one attached hydrogen (secondary N) is 1. The van der Waals surface area contributed by atoms with E-state index >= 15 is 0 Å². The number of benzene rings is 1. The molecule has 1 aromatic carbocycles. The Balaban J connectivity index is 1.75. The van der Waals surface area contributed by atoms with Crippen LogP contribution in [0.15, 0.2) is 40.2 Å². The van der Waals surface area contributed by atoms with Crippen molar-refractivity contribution in [2.24, 2.45) is 0 Å². The molecule has 0 unspecified atom stereocenters. The van der Waals surface area contributed by atoms with Gasteiger partial charge in [0.1, 0.15) is 4.88 Å². The summed E-state index contributed by atoms with van der Waals surface area (Å²) in [5, 5.41) is 13.9. The normalized spacial score (nSPS) is 15.5. The summed E-state index contributed by atoms with van der Waals surface area (Å²) in [5.41, 5.74) is 0.745. The molecule has 21 heavy (non-hydrogen) atoms. The first-order valence-corrected chi connectivity index (χ1v) is 8.08. The molecule has 1 saturated carbocycles. The van der Waals surface area contributed by atoms with Gasteiger partial charge in [0.2, 0.25) is 0 Å². The van der Waals surface area contributed by atoms with Crippen molar-refractivity contribution in [1.29, 1.82) is 0 Å². The first kappa shape index (κ1) is 14.3. The van der Waals surface area contributed by atoms with Crippen molar-refractivity contribution in [3.8, 4) is 0 Å². The van der Waals surface area contributed by atoms with E-state index in [1.807, 2.05) is 11.4 Å². The number of carboxylic acid groups (broad SMARTS) is 1. The second-order valence-corrected chi connectivity index (χ2v) is 6.79. The maximum atomic E-state index is 12.1. The molecule has 0 aliphatic heterocycles. The number of aliphatic carboxylic acids is 1. The number of hydrogen-bond acceptors (Lipinski definition) is 3. The fourth-order valence-corrected chi connectivity index (χ4v) is 3.71. The molecular weight excluding hydrogens is 354 g/mol. The van der Waals surface area contributed by atoms with Crippen molar-refractivity contribution in [3.63, 3.8) is 0 Å². The van der Waals surface area contributed by atoms with Crippen LogP contribution < -0.4 is 5.32 Å². The molecule has 4 nitrogen and oxygen atoms in total. The lowest BCUT2D eigenvalue weighted by atomic mass is 9.96. The Bertz CT molecular complexity index is 704. The van der Waals surface area contributed by atoms with Crippen LogP contribution >= 0.6 is 27.3 Å². The van der Waals surface area contributed by atoms with E-state index in [2.05, 4.69) is 21.2 Å². The molecule has 1 aliphatic rings. The predicted molar refractivity (Wildman–Crippen MR) is 85.0 cm³/mol. The third kappa shape index (κ3) is 2.61. The van der Waals surface area contributed by atoms with Gasteiger partial charge in [0, 0.05) is 10.2 Å². The molecule has 0 spiro atoms. The number of hydrogen-bond donors (Lipinski definition) is 2. The van der Waals surface area contributed by atoms with Crippen molar-refractivity contribution >= 4 is 44.8 Å². The summed E-state index contributed by atoms with van der Waals surface area (Å²) in [4.78, 5) is 24.0. The third-order valence-electron chi connectivity index (χ3n) is 3.68. The summed E-state index contributed by atoms with van der Waals surface area (Å²) < 4.78 is 0.768.